The van der Waals surface area contributed by atoms with Crippen molar-refractivity contribution in [3.63, 3.8) is 0 Å². The summed E-state index contributed by atoms with van der Waals surface area (Å²) in [4.78, 5) is 40.6. The third kappa shape index (κ3) is 4.95. The molecule has 5 rings (SSSR count). The minimum Gasteiger partial charge on any atom is -0.465 e. The third-order valence-corrected chi connectivity index (χ3v) is 6.63. The van der Waals surface area contributed by atoms with Crippen molar-refractivity contribution in [3.05, 3.63) is 76.7 Å². The molecule has 0 unspecified atom stereocenters. The van der Waals surface area contributed by atoms with Gasteiger partial charge >= 0.3 is 12.1 Å². The number of aromatic nitrogens is 5. The molecule has 0 atom stereocenters. The SMILES string of the molecule is CCc1nc2c(C)cc(C)nc2n1Cc1ccc2nc(-c3ccccc3C(=O)OC)n(C(=O)OC(C)(C)C)c2c1. The van der Waals surface area contributed by atoms with Crippen LogP contribution in [0.2, 0.25) is 0 Å². The Morgan fingerprint density at radius 3 is 2.42 bits per heavy atom. The zero-order chi connectivity index (χ0) is 28.8. The number of pyridine rings is 1. The molecule has 0 bridgehead atoms. The molecule has 0 N–H and O–H groups in total. The second kappa shape index (κ2) is 10.2. The summed E-state index contributed by atoms with van der Waals surface area (Å²) in [6, 6.07) is 14.8. The summed E-state index contributed by atoms with van der Waals surface area (Å²) in [6.07, 6.45) is 0.165. The number of nitrogens with zero attached hydrogens (tertiary/aromatic N) is 5. The van der Waals surface area contributed by atoms with Crippen LogP contribution in [0.4, 0.5) is 4.79 Å². The zero-order valence-corrected chi connectivity index (χ0v) is 23.9. The molecule has 2 aromatic carbocycles. The smallest absolute Gasteiger partial charge is 0.420 e. The zero-order valence-electron chi connectivity index (χ0n) is 23.9. The molecule has 0 aliphatic heterocycles. The minimum absolute atomic E-state index is 0.303. The molecule has 0 aliphatic rings. The van der Waals surface area contributed by atoms with Crippen LogP contribution in [-0.2, 0) is 22.4 Å². The normalized spacial score (nSPS) is 11.8. The fourth-order valence-electron chi connectivity index (χ4n) is 4.93. The van der Waals surface area contributed by atoms with Gasteiger partial charge in [0, 0.05) is 17.7 Å². The van der Waals surface area contributed by atoms with Crippen LogP contribution >= 0.6 is 0 Å². The highest BCUT2D eigenvalue weighted by molar-refractivity contribution is 6.00. The van der Waals surface area contributed by atoms with Crippen molar-refractivity contribution in [1.82, 2.24) is 24.1 Å². The number of carbonyl (C=O) groups excluding carboxylic acids is 2. The van der Waals surface area contributed by atoms with E-state index in [-0.39, 0.29) is 0 Å². The van der Waals surface area contributed by atoms with Gasteiger partial charge in [0.1, 0.15) is 16.9 Å². The van der Waals surface area contributed by atoms with E-state index < -0.39 is 17.7 Å². The minimum atomic E-state index is -0.739. The fourth-order valence-corrected chi connectivity index (χ4v) is 4.93. The van der Waals surface area contributed by atoms with Crippen LogP contribution in [0, 0.1) is 13.8 Å². The number of imidazole rings is 2. The lowest BCUT2D eigenvalue weighted by molar-refractivity contribution is 0.0542. The average molecular weight is 540 g/mol. The van der Waals surface area contributed by atoms with Crippen molar-refractivity contribution < 1.29 is 19.1 Å². The molecule has 3 aromatic heterocycles. The van der Waals surface area contributed by atoms with Gasteiger partial charge in [0.2, 0.25) is 0 Å². The van der Waals surface area contributed by atoms with Gasteiger partial charge in [-0.2, -0.15) is 0 Å². The molecule has 0 radical (unpaired) electrons. The van der Waals surface area contributed by atoms with Crippen molar-refractivity contribution in [2.24, 2.45) is 0 Å². The van der Waals surface area contributed by atoms with Gasteiger partial charge in [0.15, 0.2) is 11.5 Å². The number of hydrogen-bond donors (Lipinski definition) is 0. The predicted octanol–water partition coefficient (Wildman–Crippen LogP) is 6.25. The summed E-state index contributed by atoms with van der Waals surface area (Å²) in [6.45, 7) is 12.0. The maximum absolute atomic E-state index is 13.6. The highest BCUT2D eigenvalue weighted by Crippen LogP contribution is 2.30. The van der Waals surface area contributed by atoms with Crippen molar-refractivity contribution in [2.75, 3.05) is 7.11 Å². The van der Waals surface area contributed by atoms with Gasteiger partial charge in [-0.25, -0.2) is 29.1 Å². The van der Waals surface area contributed by atoms with E-state index in [0.717, 1.165) is 40.2 Å². The van der Waals surface area contributed by atoms with E-state index in [4.69, 9.17) is 24.4 Å². The van der Waals surface area contributed by atoms with Crippen molar-refractivity contribution in [3.8, 4) is 11.4 Å². The molecule has 0 saturated carbocycles. The summed E-state index contributed by atoms with van der Waals surface area (Å²) in [5, 5.41) is 0. The molecular formula is C31H33N5O4. The van der Waals surface area contributed by atoms with E-state index in [1.54, 1.807) is 24.3 Å². The third-order valence-electron chi connectivity index (χ3n) is 6.63. The standard InChI is InChI=1S/C31H33N5O4/c1-8-25-34-26-18(2)15-19(3)32-28(26)35(25)17-20-13-14-23-24(16-20)36(30(38)40-31(4,5)6)27(33-23)21-11-9-10-12-22(21)29(37)39-7/h9-16H,8,17H2,1-7H3. The molecule has 9 heteroatoms. The van der Waals surface area contributed by atoms with Gasteiger partial charge in [-0.05, 0) is 70.0 Å². The molecule has 5 aromatic rings. The van der Waals surface area contributed by atoms with E-state index in [2.05, 4.69) is 11.5 Å². The number of ether oxygens (including phenoxy) is 2. The number of fused-ring (bicyclic) bond motifs is 2. The largest absolute Gasteiger partial charge is 0.465 e. The van der Waals surface area contributed by atoms with Crippen molar-refractivity contribution in [2.45, 2.75) is 60.1 Å². The van der Waals surface area contributed by atoms with Crippen LogP contribution in [0.5, 0.6) is 0 Å². The lowest BCUT2D eigenvalue weighted by atomic mass is 10.1. The Kier molecular flexibility index (Phi) is 6.91. The average Bonchev–Trinajstić information content (AvgIpc) is 3.45. The van der Waals surface area contributed by atoms with Crippen molar-refractivity contribution in [1.29, 1.82) is 0 Å². The number of carbonyl (C=O) groups is 2. The first-order valence-corrected chi connectivity index (χ1v) is 13.3. The first kappa shape index (κ1) is 27.1. The molecule has 0 spiro atoms. The topological polar surface area (TPSA) is 101 Å². The molecule has 9 nitrogen and oxygen atoms in total. The second-order valence-electron chi connectivity index (χ2n) is 10.8. The molecular weight excluding hydrogens is 506 g/mol. The number of esters is 1. The Morgan fingerprint density at radius 2 is 1.73 bits per heavy atom. The molecule has 206 valence electrons. The van der Waals surface area contributed by atoms with E-state index in [1.807, 2.05) is 58.9 Å². The number of hydrogen-bond acceptors (Lipinski definition) is 7. The maximum atomic E-state index is 13.6. The number of aryl methyl sites for hydroxylation is 3. The first-order valence-electron chi connectivity index (χ1n) is 13.3. The quantitative estimate of drug-likeness (QED) is 0.244. The van der Waals surface area contributed by atoms with Crippen LogP contribution in [0.1, 0.15) is 60.7 Å². The fraction of sp³-hybridized carbons (Fsp3) is 0.323. The Bertz CT molecular complexity index is 1770. The first-order chi connectivity index (χ1) is 19.0. The molecule has 3 heterocycles. The predicted molar refractivity (Wildman–Crippen MR) is 154 cm³/mol. The lowest BCUT2D eigenvalue weighted by Gasteiger charge is -2.21. The summed E-state index contributed by atoms with van der Waals surface area (Å²) in [7, 11) is 1.32. The molecule has 0 fully saturated rings. The number of rotatable bonds is 5. The van der Waals surface area contributed by atoms with Gasteiger partial charge in [0.25, 0.3) is 0 Å². The van der Waals surface area contributed by atoms with E-state index >= 15 is 0 Å². The van der Waals surface area contributed by atoms with Gasteiger partial charge in [-0.1, -0.05) is 31.2 Å². The molecule has 0 aliphatic carbocycles. The van der Waals surface area contributed by atoms with Crippen LogP contribution in [-0.4, -0.2) is 48.9 Å². The van der Waals surface area contributed by atoms with Crippen LogP contribution < -0.4 is 0 Å². The van der Waals surface area contributed by atoms with Gasteiger partial charge in [0.05, 0.1) is 30.3 Å². The summed E-state index contributed by atoms with van der Waals surface area (Å²) in [5.74, 6) is 0.721. The summed E-state index contributed by atoms with van der Waals surface area (Å²) < 4.78 is 14.3. The van der Waals surface area contributed by atoms with E-state index in [0.29, 0.717) is 34.5 Å². The van der Waals surface area contributed by atoms with Crippen LogP contribution in [0.15, 0.2) is 48.5 Å². The lowest BCUT2D eigenvalue weighted by Crippen LogP contribution is -2.27. The Hall–Kier alpha value is -4.53. The second-order valence-corrected chi connectivity index (χ2v) is 10.8. The van der Waals surface area contributed by atoms with Gasteiger partial charge in [-0.15, -0.1) is 0 Å². The highest BCUT2D eigenvalue weighted by atomic mass is 16.6. The molecule has 40 heavy (non-hydrogen) atoms. The Balaban J connectivity index is 1.70. The molecule has 0 saturated heterocycles. The van der Waals surface area contributed by atoms with Gasteiger partial charge in [-0.3, -0.25) is 0 Å². The van der Waals surface area contributed by atoms with Crippen molar-refractivity contribution >= 4 is 34.3 Å². The Labute approximate surface area is 232 Å². The van der Waals surface area contributed by atoms with E-state index in [9.17, 15) is 9.59 Å². The Morgan fingerprint density at radius 1 is 0.975 bits per heavy atom. The summed E-state index contributed by atoms with van der Waals surface area (Å²) >= 11 is 0. The maximum Gasteiger partial charge on any atom is 0.420 e. The van der Waals surface area contributed by atoms with E-state index in [1.165, 1.54) is 11.7 Å². The van der Waals surface area contributed by atoms with Crippen LogP contribution in [0.25, 0.3) is 33.6 Å². The number of methoxy groups -OCH3 is 1. The number of benzene rings is 2. The van der Waals surface area contributed by atoms with Crippen LogP contribution in [0.3, 0.4) is 0 Å². The monoisotopic (exact) mass is 539 g/mol. The summed E-state index contributed by atoms with van der Waals surface area (Å²) in [5.41, 5.74) is 5.90. The highest BCUT2D eigenvalue weighted by Gasteiger charge is 2.27. The molecule has 0 amide bonds. The van der Waals surface area contributed by atoms with Gasteiger partial charge < -0.3 is 14.0 Å².